The molecule has 0 saturated heterocycles. The van der Waals surface area contributed by atoms with E-state index in [4.69, 9.17) is 9.84 Å². The molecular weight excluding hydrogens is 350 g/mol. The van der Waals surface area contributed by atoms with Gasteiger partial charge in [-0.15, -0.1) is 11.8 Å². The monoisotopic (exact) mass is 373 g/mol. The summed E-state index contributed by atoms with van der Waals surface area (Å²) in [6.45, 7) is 2.00. The summed E-state index contributed by atoms with van der Waals surface area (Å²) in [6, 6.07) is 15.2. The van der Waals surface area contributed by atoms with Crippen LogP contribution in [0.3, 0.4) is 0 Å². The molecule has 0 aliphatic heterocycles. The smallest absolute Gasteiger partial charge is 0.313 e. The normalized spacial score (nSPS) is 11.6. The Morgan fingerprint density at radius 1 is 1.19 bits per heavy atom. The maximum absolute atomic E-state index is 12.4. The summed E-state index contributed by atoms with van der Waals surface area (Å²) >= 11 is 1.33. The number of rotatable bonds is 9. The van der Waals surface area contributed by atoms with Gasteiger partial charge < -0.3 is 15.2 Å². The van der Waals surface area contributed by atoms with E-state index >= 15 is 0 Å². The van der Waals surface area contributed by atoms with Crippen LogP contribution >= 0.6 is 11.8 Å². The molecule has 2 aromatic rings. The number of carbonyl (C=O) groups is 2. The Balaban J connectivity index is 1.94. The number of nitrogens with one attached hydrogen (secondary N) is 1. The van der Waals surface area contributed by atoms with Crippen LogP contribution in [0.4, 0.5) is 5.69 Å². The molecule has 0 fully saturated rings. The first kappa shape index (κ1) is 19.8. The van der Waals surface area contributed by atoms with E-state index in [1.807, 2.05) is 55.5 Å². The van der Waals surface area contributed by atoms with Gasteiger partial charge in [0.1, 0.15) is 5.75 Å². The van der Waals surface area contributed by atoms with Crippen molar-refractivity contribution >= 4 is 29.3 Å². The van der Waals surface area contributed by atoms with Crippen molar-refractivity contribution in [2.45, 2.75) is 25.0 Å². The maximum atomic E-state index is 12.4. The Hall–Kier alpha value is -2.47. The molecule has 1 amide bonds. The lowest BCUT2D eigenvalue weighted by Crippen LogP contribution is -2.15. The number of carboxylic acid groups (broad SMARTS) is 1. The lowest BCUT2D eigenvalue weighted by molar-refractivity contribution is -0.133. The number of para-hydroxylation sites is 1. The van der Waals surface area contributed by atoms with Crippen LogP contribution in [-0.4, -0.2) is 29.8 Å². The van der Waals surface area contributed by atoms with Gasteiger partial charge in [0.2, 0.25) is 5.91 Å². The van der Waals surface area contributed by atoms with Gasteiger partial charge in [0, 0.05) is 17.9 Å². The second kappa shape index (κ2) is 9.87. The number of amides is 1. The number of aliphatic carboxylic acids is 1. The number of benzene rings is 2. The van der Waals surface area contributed by atoms with Crippen molar-refractivity contribution in [3.05, 3.63) is 59.7 Å². The Bertz CT molecular complexity index is 763. The molecule has 0 saturated carbocycles. The van der Waals surface area contributed by atoms with Crippen LogP contribution in [0, 0.1) is 0 Å². The molecule has 0 aliphatic carbocycles. The molecule has 2 aromatic carbocycles. The maximum Gasteiger partial charge on any atom is 0.313 e. The standard InChI is InChI=1S/C20H23NO4S/c1-14(17-8-3-4-9-18(17)25-2)10-19(22)21-16-7-5-6-15(11-16)12-26-13-20(23)24/h3-9,11,14H,10,12-13H2,1-2H3,(H,21,22)(H,23,24). The third-order valence-corrected chi connectivity index (χ3v) is 4.85. The molecule has 0 aromatic heterocycles. The van der Waals surface area contributed by atoms with E-state index in [2.05, 4.69) is 5.32 Å². The first-order valence-corrected chi connectivity index (χ1v) is 9.46. The summed E-state index contributed by atoms with van der Waals surface area (Å²) < 4.78 is 5.36. The summed E-state index contributed by atoms with van der Waals surface area (Å²) in [5, 5.41) is 11.6. The van der Waals surface area contributed by atoms with Crippen molar-refractivity contribution in [1.82, 2.24) is 0 Å². The Kier molecular flexibility index (Phi) is 7.53. The first-order valence-electron chi connectivity index (χ1n) is 8.31. The second-order valence-electron chi connectivity index (χ2n) is 5.98. The van der Waals surface area contributed by atoms with Gasteiger partial charge in [-0.25, -0.2) is 0 Å². The van der Waals surface area contributed by atoms with E-state index in [0.29, 0.717) is 12.2 Å². The first-order chi connectivity index (χ1) is 12.5. The summed E-state index contributed by atoms with van der Waals surface area (Å²) in [5.74, 6) is 0.565. The number of hydrogen-bond donors (Lipinski definition) is 2. The molecule has 0 radical (unpaired) electrons. The van der Waals surface area contributed by atoms with Gasteiger partial charge in [-0.3, -0.25) is 9.59 Å². The van der Waals surface area contributed by atoms with Crippen LogP contribution in [0.2, 0.25) is 0 Å². The number of carbonyl (C=O) groups excluding carboxylic acids is 1. The van der Waals surface area contributed by atoms with E-state index in [1.54, 1.807) is 7.11 Å². The van der Waals surface area contributed by atoms with E-state index < -0.39 is 5.97 Å². The van der Waals surface area contributed by atoms with Crippen molar-refractivity contribution in [2.24, 2.45) is 0 Å². The zero-order valence-corrected chi connectivity index (χ0v) is 15.7. The fourth-order valence-electron chi connectivity index (χ4n) is 2.67. The van der Waals surface area contributed by atoms with Gasteiger partial charge in [0.15, 0.2) is 0 Å². The lowest BCUT2D eigenvalue weighted by Gasteiger charge is -2.15. The van der Waals surface area contributed by atoms with Crippen molar-refractivity contribution in [3.63, 3.8) is 0 Å². The van der Waals surface area contributed by atoms with Crippen LogP contribution in [0.5, 0.6) is 5.75 Å². The van der Waals surface area contributed by atoms with Crippen LogP contribution in [0.1, 0.15) is 30.4 Å². The average molecular weight is 373 g/mol. The number of hydrogen-bond acceptors (Lipinski definition) is 4. The minimum atomic E-state index is -0.829. The molecule has 0 spiro atoms. The summed E-state index contributed by atoms with van der Waals surface area (Å²) in [5.41, 5.74) is 2.70. The molecule has 2 N–H and O–H groups in total. The highest BCUT2D eigenvalue weighted by Gasteiger charge is 2.15. The van der Waals surface area contributed by atoms with Gasteiger partial charge in [-0.05, 0) is 35.2 Å². The Morgan fingerprint density at radius 3 is 2.69 bits per heavy atom. The topological polar surface area (TPSA) is 75.6 Å². The fourth-order valence-corrected chi connectivity index (χ4v) is 3.36. The Labute approximate surface area is 157 Å². The molecule has 0 aliphatic rings. The quantitative estimate of drug-likeness (QED) is 0.691. The van der Waals surface area contributed by atoms with E-state index in [0.717, 1.165) is 22.6 Å². The predicted octanol–water partition coefficient (Wildman–Crippen LogP) is 4.15. The van der Waals surface area contributed by atoms with Gasteiger partial charge in [-0.2, -0.15) is 0 Å². The Morgan fingerprint density at radius 2 is 1.96 bits per heavy atom. The predicted molar refractivity (Wildman–Crippen MR) is 105 cm³/mol. The average Bonchev–Trinajstić information content (AvgIpc) is 2.61. The number of carboxylic acids is 1. The van der Waals surface area contributed by atoms with Gasteiger partial charge >= 0.3 is 5.97 Å². The third kappa shape index (κ3) is 6.11. The number of methoxy groups -OCH3 is 1. The van der Waals surface area contributed by atoms with Crippen LogP contribution in [-0.2, 0) is 15.3 Å². The fraction of sp³-hybridized carbons (Fsp3) is 0.300. The third-order valence-electron chi connectivity index (χ3n) is 3.87. The molecular formula is C20H23NO4S. The highest BCUT2D eigenvalue weighted by molar-refractivity contribution is 7.99. The molecule has 2 rings (SSSR count). The number of thioether (sulfide) groups is 1. The summed E-state index contributed by atoms with van der Waals surface area (Å²) in [7, 11) is 1.62. The SMILES string of the molecule is COc1ccccc1C(C)CC(=O)Nc1cccc(CSCC(=O)O)c1. The molecule has 1 unspecified atom stereocenters. The molecule has 0 heterocycles. The largest absolute Gasteiger partial charge is 0.496 e. The highest BCUT2D eigenvalue weighted by Crippen LogP contribution is 2.28. The molecule has 26 heavy (non-hydrogen) atoms. The van der Waals surface area contributed by atoms with Crippen molar-refractivity contribution in [2.75, 3.05) is 18.2 Å². The minimum absolute atomic E-state index is 0.0282. The highest BCUT2D eigenvalue weighted by atomic mass is 32.2. The summed E-state index contributed by atoms with van der Waals surface area (Å²) in [6.07, 6.45) is 0.346. The van der Waals surface area contributed by atoms with E-state index in [1.165, 1.54) is 11.8 Å². The molecule has 1 atom stereocenters. The van der Waals surface area contributed by atoms with Crippen molar-refractivity contribution in [3.8, 4) is 5.75 Å². The minimum Gasteiger partial charge on any atom is -0.496 e. The summed E-state index contributed by atoms with van der Waals surface area (Å²) in [4.78, 5) is 23.0. The van der Waals surface area contributed by atoms with Gasteiger partial charge in [-0.1, -0.05) is 37.3 Å². The lowest BCUT2D eigenvalue weighted by atomic mass is 9.96. The van der Waals surface area contributed by atoms with E-state index in [-0.39, 0.29) is 17.6 Å². The van der Waals surface area contributed by atoms with Gasteiger partial charge in [0.25, 0.3) is 0 Å². The van der Waals surface area contributed by atoms with Crippen LogP contribution in [0.25, 0.3) is 0 Å². The molecule has 6 heteroatoms. The van der Waals surface area contributed by atoms with Crippen molar-refractivity contribution < 1.29 is 19.4 Å². The zero-order chi connectivity index (χ0) is 18.9. The van der Waals surface area contributed by atoms with Crippen molar-refractivity contribution in [1.29, 1.82) is 0 Å². The molecule has 5 nitrogen and oxygen atoms in total. The van der Waals surface area contributed by atoms with Gasteiger partial charge in [0.05, 0.1) is 12.9 Å². The molecule has 0 bridgehead atoms. The second-order valence-corrected chi connectivity index (χ2v) is 6.97. The number of anilines is 1. The zero-order valence-electron chi connectivity index (χ0n) is 14.9. The van der Waals surface area contributed by atoms with E-state index in [9.17, 15) is 9.59 Å². The molecule has 138 valence electrons. The van der Waals surface area contributed by atoms with Crippen LogP contribution < -0.4 is 10.1 Å². The van der Waals surface area contributed by atoms with Crippen LogP contribution in [0.15, 0.2) is 48.5 Å². The number of ether oxygens (including phenoxy) is 1.